The molecular weight excluding hydrogens is 138 g/mol. The third-order valence-corrected chi connectivity index (χ3v) is 2.08. The van der Waals surface area contributed by atoms with E-state index in [4.69, 9.17) is 4.52 Å². The van der Waals surface area contributed by atoms with Crippen molar-refractivity contribution >= 4 is 11.0 Å². The van der Waals surface area contributed by atoms with Crippen LogP contribution in [0.2, 0.25) is 0 Å². The lowest BCUT2D eigenvalue weighted by molar-refractivity contribution is 0.456. The number of aromatic nitrogens is 1. The Morgan fingerprint density at radius 1 is 1.27 bits per heavy atom. The molecule has 2 heteroatoms. The average Bonchev–Trinajstić information content (AvgIpc) is 2.45. The van der Waals surface area contributed by atoms with Crippen LogP contribution >= 0.6 is 0 Å². The van der Waals surface area contributed by atoms with E-state index in [0.717, 1.165) is 11.0 Å². The second-order valence-corrected chi connectivity index (χ2v) is 2.75. The monoisotopic (exact) mass is 147 g/mol. The zero-order chi connectivity index (χ0) is 7.84. The molecule has 0 saturated heterocycles. The molecular formula is C9H9NO. The summed E-state index contributed by atoms with van der Waals surface area (Å²) in [6.45, 7) is 4.16. The molecule has 0 spiro atoms. The molecule has 0 aliphatic rings. The summed E-state index contributed by atoms with van der Waals surface area (Å²) in [6, 6.07) is 3.99. The molecule has 2 rings (SSSR count). The van der Waals surface area contributed by atoms with Crippen molar-refractivity contribution in [3.8, 4) is 0 Å². The number of benzene rings is 1. The van der Waals surface area contributed by atoms with Crippen LogP contribution in [-0.2, 0) is 0 Å². The first-order valence-corrected chi connectivity index (χ1v) is 3.59. The number of aryl methyl sites for hydroxylation is 2. The zero-order valence-corrected chi connectivity index (χ0v) is 6.59. The van der Waals surface area contributed by atoms with Gasteiger partial charge in [-0.2, -0.15) is 0 Å². The maximum absolute atomic E-state index is 5.00. The zero-order valence-electron chi connectivity index (χ0n) is 6.59. The normalized spacial score (nSPS) is 10.7. The van der Waals surface area contributed by atoms with E-state index in [2.05, 4.69) is 19.0 Å². The Morgan fingerprint density at radius 3 is 2.91 bits per heavy atom. The van der Waals surface area contributed by atoms with Gasteiger partial charge in [0.25, 0.3) is 0 Å². The van der Waals surface area contributed by atoms with Gasteiger partial charge in [0.2, 0.25) is 0 Å². The van der Waals surface area contributed by atoms with Crippen molar-refractivity contribution in [2.24, 2.45) is 0 Å². The van der Waals surface area contributed by atoms with Crippen LogP contribution in [-0.4, -0.2) is 5.16 Å². The molecule has 0 unspecified atom stereocenters. The van der Waals surface area contributed by atoms with Crippen LogP contribution in [0.5, 0.6) is 0 Å². The summed E-state index contributed by atoms with van der Waals surface area (Å²) in [7, 11) is 0. The van der Waals surface area contributed by atoms with Crippen molar-refractivity contribution in [2.75, 3.05) is 0 Å². The van der Waals surface area contributed by atoms with Crippen LogP contribution in [0.3, 0.4) is 0 Å². The summed E-state index contributed by atoms with van der Waals surface area (Å²) in [5.74, 6) is 0. The van der Waals surface area contributed by atoms with Crippen LogP contribution in [0, 0.1) is 13.8 Å². The van der Waals surface area contributed by atoms with E-state index in [1.54, 1.807) is 6.20 Å². The van der Waals surface area contributed by atoms with Gasteiger partial charge in [-0.25, -0.2) is 0 Å². The van der Waals surface area contributed by atoms with Crippen molar-refractivity contribution in [1.82, 2.24) is 5.16 Å². The van der Waals surface area contributed by atoms with Crippen LogP contribution in [0.15, 0.2) is 22.9 Å². The predicted molar refractivity (Wildman–Crippen MR) is 43.5 cm³/mol. The Labute approximate surface area is 64.8 Å². The highest BCUT2D eigenvalue weighted by Gasteiger charge is 2.02. The molecule has 0 N–H and O–H groups in total. The van der Waals surface area contributed by atoms with Gasteiger partial charge < -0.3 is 4.52 Å². The van der Waals surface area contributed by atoms with E-state index < -0.39 is 0 Å². The molecule has 0 bridgehead atoms. The Morgan fingerprint density at radius 2 is 2.09 bits per heavy atom. The van der Waals surface area contributed by atoms with E-state index in [1.807, 2.05) is 12.1 Å². The highest BCUT2D eigenvalue weighted by Crippen LogP contribution is 2.20. The summed E-state index contributed by atoms with van der Waals surface area (Å²) in [4.78, 5) is 0. The quantitative estimate of drug-likeness (QED) is 0.572. The van der Waals surface area contributed by atoms with Gasteiger partial charge in [-0.15, -0.1) is 0 Å². The van der Waals surface area contributed by atoms with Crippen LogP contribution in [0.1, 0.15) is 11.1 Å². The standard InChI is InChI=1S/C9H9NO/c1-6-3-4-9-8(7(6)2)5-10-11-9/h3-5H,1-2H3. The minimum atomic E-state index is 0.869. The number of fused-ring (bicyclic) bond motifs is 1. The molecule has 0 aliphatic heterocycles. The molecule has 11 heavy (non-hydrogen) atoms. The Balaban J connectivity index is 2.93. The predicted octanol–water partition coefficient (Wildman–Crippen LogP) is 2.44. The molecule has 0 aliphatic carbocycles. The fourth-order valence-electron chi connectivity index (χ4n) is 1.19. The molecule has 1 aromatic heterocycles. The molecule has 0 atom stereocenters. The van der Waals surface area contributed by atoms with E-state index >= 15 is 0 Å². The SMILES string of the molecule is Cc1ccc2oncc2c1C. The smallest absolute Gasteiger partial charge is 0.167 e. The first kappa shape index (κ1) is 6.40. The highest BCUT2D eigenvalue weighted by molar-refractivity contribution is 5.80. The second kappa shape index (κ2) is 2.09. The van der Waals surface area contributed by atoms with E-state index in [-0.39, 0.29) is 0 Å². The third-order valence-electron chi connectivity index (χ3n) is 2.08. The van der Waals surface area contributed by atoms with Crippen LogP contribution < -0.4 is 0 Å². The number of nitrogens with zero attached hydrogens (tertiary/aromatic N) is 1. The van der Waals surface area contributed by atoms with Gasteiger partial charge in [0.15, 0.2) is 5.58 Å². The largest absolute Gasteiger partial charge is 0.356 e. The summed E-state index contributed by atoms with van der Waals surface area (Å²) in [6.07, 6.45) is 1.76. The first-order chi connectivity index (χ1) is 5.29. The molecule has 0 fully saturated rings. The average molecular weight is 147 g/mol. The number of hydrogen-bond donors (Lipinski definition) is 0. The maximum atomic E-state index is 5.00. The van der Waals surface area contributed by atoms with Gasteiger partial charge in [0.1, 0.15) is 0 Å². The number of rotatable bonds is 0. The number of hydrogen-bond acceptors (Lipinski definition) is 2. The summed E-state index contributed by atoms with van der Waals surface area (Å²) in [5, 5.41) is 4.84. The molecule has 0 radical (unpaired) electrons. The lowest BCUT2D eigenvalue weighted by Gasteiger charge is -1.97. The van der Waals surface area contributed by atoms with Gasteiger partial charge in [0.05, 0.1) is 6.20 Å². The van der Waals surface area contributed by atoms with Crippen molar-refractivity contribution in [3.63, 3.8) is 0 Å². The lowest BCUT2D eigenvalue weighted by atomic mass is 10.1. The lowest BCUT2D eigenvalue weighted by Crippen LogP contribution is -1.78. The minimum absolute atomic E-state index is 0.869. The van der Waals surface area contributed by atoms with Crippen molar-refractivity contribution in [3.05, 3.63) is 29.5 Å². The fraction of sp³-hybridized carbons (Fsp3) is 0.222. The van der Waals surface area contributed by atoms with Gasteiger partial charge in [-0.3, -0.25) is 0 Å². The summed E-state index contributed by atoms with van der Waals surface area (Å²) in [5.41, 5.74) is 3.40. The molecule has 1 aromatic carbocycles. The van der Waals surface area contributed by atoms with E-state index in [1.165, 1.54) is 11.1 Å². The van der Waals surface area contributed by atoms with Crippen molar-refractivity contribution in [1.29, 1.82) is 0 Å². The molecule has 56 valence electrons. The van der Waals surface area contributed by atoms with E-state index in [9.17, 15) is 0 Å². The molecule has 2 nitrogen and oxygen atoms in total. The Kier molecular flexibility index (Phi) is 1.22. The molecule has 2 aromatic rings. The van der Waals surface area contributed by atoms with Gasteiger partial charge in [-0.05, 0) is 31.0 Å². The van der Waals surface area contributed by atoms with Gasteiger partial charge >= 0.3 is 0 Å². The minimum Gasteiger partial charge on any atom is -0.356 e. The Bertz CT molecular complexity index is 389. The highest BCUT2D eigenvalue weighted by atomic mass is 16.5. The first-order valence-electron chi connectivity index (χ1n) is 3.59. The van der Waals surface area contributed by atoms with Gasteiger partial charge in [0, 0.05) is 5.39 Å². The van der Waals surface area contributed by atoms with Gasteiger partial charge in [-0.1, -0.05) is 11.2 Å². The van der Waals surface area contributed by atoms with Crippen molar-refractivity contribution < 1.29 is 4.52 Å². The second-order valence-electron chi connectivity index (χ2n) is 2.75. The molecule has 0 amide bonds. The fourth-order valence-corrected chi connectivity index (χ4v) is 1.19. The summed E-state index contributed by atoms with van der Waals surface area (Å²) >= 11 is 0. The molecule has 1 heterocycles. The summed E-state index contributed by atoms with van der Waals surface area (Å²) < 4.78 is 5.00. The van der Waals surface area contributed by atoms with Crippen LogP contribution in [0.4, 0.5) is 0 Å². The topological polar surface area (TPSA) is 26.0 Å². The van der Waals surface area contributed by atoms with Crippen molar-refractivity contribution in [2.45, 2.75) is 13.8 Å². The van der Waals surface area contributed by atoms with E-state index in [0.29, 0.717) is 0 Å². The van der Waals surface area contributed by atoms with Crippen LogP contribution in [0.25, 0.3) is 11.0 Å². The maximum Gasteiger partial charge on any atom is 0.167 e. The third kappa shape index (κ3) is 0.827. The Hall–Kier alpha value is -1.31. The molecule has 0 saturated carbocycles.